The molecule has 0 N–H and O–H groups in total. The van der Waals surface area contributed by atoms with E-state index in [2.05, 4.69) is 10.1 Å². The van der Waals surface area contributed by atoms with Crippen LogP contribution in [0.2, 0.25) is 0 Å². The van der Waals surface area contributed by atoms with E-state index in [0.29, 0.717) is 51.0 Å². The topological polar surface area (TPSA) is 91.8 Å². The number of carbonyl (C=O) groups excluding carboxylic acids is 1. The Morgan fingerprint density at radius 3 is 2.87 bits per heavy atom. The monoisotopic (exact) mass is 432 g/mol. The van der Waals surface area contributed by atoms with Crippen LogP contribution in [-0.4, -0.2) is 76.3 Å². The van der Waals surface area contributed by atoms with Gasteiger partial charge in [0.2, 0.25) is 0 Å². The molecule has 2 aliphatic rings. The standard InChI is InChI=1S/C22H32N4O5/c1-17(2)28-11-12-29-18-5-10-30-22(13-18)6-8-25(9-7-22)21(27)20-4-3-19(31-20)14-26-16-23-15-24-26/h3-4,15-18H,5-14H2,1-2H3. The second-order valence-corrected chi connectivity index (χ2v) is 8.59. The minimum atomic E-state index is -0.194. The Hall–Kier alpha value is -2.23. The molecule has 1 unspecified atom stereocenters. The average molecular weight is 433 g/mol. The van der Waals surface area contributed by atoms with Gasteiger partial charge in [0.05, 0.1) is 31.0 Å². The first-order valence-electron chi connectivity index (χ1n) is 11.1. The molecule has 1 spiro atoms. The van der Waals surface area contributed by atoms with E-state index in [1.54, 1.807) is 17.1 Å². The van der Waals surface area contributed by atoms with Gasteiger partial charge in [-0.05, 0) is 45.2 Å². The Kier molecular flexibility index (Phi) is 7.04. The second kappa shape index (κ2) is 9.93. The number of rotatable bonds is 8. The highest BCUT2D eigenvalue weighted by Gasteiger charge is 2.41. The molecule has 2 aliphatic heterocycles. The molecule has 9 heteroatoms. The summed E-state index contributed by atoms with van der Waals surface area (Å²) in [5, 5.41) is 4.06. The molecule has 2 fully saturated rings. The lowest BCUT2D eigenvalue weighted by atomic mass is 9.83. The predicted octanol–water partition coefficient (Wildman–Crippen LogP) is 2.51. The number of nitrogens with zero attached hydrogens (tertiary/aromatic N) is 4. The van der Waals surface area contributed by atoms with Crippen molar-refractivity contribution in [2.75, 3.05) is 32.9 Å². The minimum Gasteiger partial charge on any atom is -0.454 e. The number of carbonyl (C=O) groups is 1. The number of ether oxygens (including phenoxy) is 3. The fraction of sp³-hybridized carbons (Fsp3) is 0.682. The fourth-order valence-electron chi connectivity index (χ4n) is 4.30. The maximum Gasteiger partial charge on any atom is 0.289 e. The van der Waals surface area contributed by atoms with Crippen molar-refractivity contribution in [2.45, 2.75) is 63.9 Å². The fourth-order valence-corrected chi connectivity index (χ4v) is 4.30. The molecule has 2 aromatic heterocycles. The highest BCUT2D eigenvalue weighted by atomic mass is 16.5. The molecule has 4 heterocycles. The second-order valence-electron chi connectivity index (χ2n) is 8.59. The summed E-state index contributed by atoms with van der Waals surface area (Å²) in [6.07, 6.45) is 6.91. The zero-order chi connectivity index (χ0) is 21.7. The van der Waals surface area contributed by atoms with Gasteiger partial charge in [0.15, 0.2) is 5.76 Å². The smallest absolute Gasteiger partial charge is 0.289 e. The predicted molar refractivity (Wildman–Crippen MR) is 112 cm³/mol. The first kappa shape index (κ1) is 22.0. The van der Waals surface area contributed by atoms with Crippen molar-refractivity contribution in [1.29, 1.82) is 0 Å². The first-order valence-corrected chi connectivity index (χ1v) is 11.1. The van der Waals surface area contributed by atoms with Gasteiger partial charge in [-0.3, -0.25) is 4.79 Å². The van der Waals surface area contributed by atoms with Gasteiger partial charge < -0.3 is 23.5 Å². The molecule has 170 valence electrons. The van der Waals surface area contributed by atoms with E-state index >= 15 is 0 Å². The molecule has 2 aromatic rings. The molecule has 0 radical (unpaired) electrons. The summed E-state index contributed by atoms with van der Waals surface area (Å²) in [4.78, 5) is 18.7. The van der Waals surface area contributed by atoms with Crippen molar-refractivity contribution in [3.8, 4) is 0 Å². The van der Waals surface area contributed by atoms with Crippen molar-refractivity contribution < 1.29 is 23.4 Å². The van der Waals surface area contributed by atoms with Gasteiger partial charge in [-0.1, -0.05) is 0 Å². The van der Waals surface area contributed by atoms with Crippen molar-refractivity contribution in [1.82, 2.24) is 19.7 Å². The molecule has 0 saturated carbocycles. The van der Waals surface area contributed by atoms with Crippen LogP contribution in [0.25, 0.3) is 0 Å². The largest absolute Gasteiger partial charge is 0.454 e. The molecule has 9 nitrogen and oxygen atoms in total. The summed E-state index contributed by atoms with van der Waals surface area (Å²) in [5.74, 6) is 0.968. The van der Waals surface area contributed by atoms with Crippen LogP contribution in [0.3, 0.4) is 0 Å². The summed E-state index contributed by atoms with van der Waals surface area (Å²) >= 11 is 0. The first-order chi connectivity index (χ1) is 15.0. The van der Waals surface area contributed by atoms with E-state index in [1.807, 2.05) is 24.8 Å². The number of hydrogen-bond donors (Lipinski definition) is 0. The summed E-state index contributed by atoms with van der Waals surface area (Å²) in [6.45, 7) is 7.74. The molecule has 2 saturated heterocycles. The van der Waals surface area contributed by atoms with E-state index in [1.165, 1.54) is 6.33 Å². The third kappa shape index (κ3) is 5.72. The van der Waals surface area contributed by atoms with Crippen molar-refractivity contribution >= 4 is 5.91 Å². The van der Waals surface area contributed by atoms with Gasteiger partial charge in [-0.15, -0.1) is 0 Å². The number of furan rings is 1. The van der Waals surface area contributed by atoms with Crippen LogP contribution in [0.15, 0.2) is 29.2 Å². The molecule has 31 heavy (non-hydrogen) atoms. The molecule has 1 atom stereocenters. The highest BCUT2D eigenvalue weighted by molar-refractivity contribution is 5.91. The number of aromatic nitrogens is 3. The third-order valence-corrected chi connectivity index (χ3v) is 5.95. The summed E-state index contributed by atoms with van der Waals surface area (Å²) < 4.78 is 25.2. The Morgan fingerprint density at radius 2 is 2.13 bits per heavy atom. The summed E-state index contributed by atoms with van der Waals surface area (Å²) in [5.41, 5.74) is -0.194. The number of amides is 1. The van der Waals surface area contributed by atoms with Crippen LogP contribution >= 0.6 is 0 Å². The van der Waals surface area contributed by atoms with E-state index < -0.39 is 0 Å². The van der Waals surface area contributed by atoms with Gasteiger partial charge in [-0.2, -0.15) is 5.10 Å². The molecular weight excluding hydrogens is 400 g/mol. The molecule has 0 aliphatic carbocycles. The SMILES string of the molecule is CC(C)OCCOC1CCOC2(CCN(C(=O)c3ccc(Cn4cncn4)o3)CC2)C1. The van der Waals surface area contributed by atoms with Gasteiger partial charge in [0.1, 0.15) is 25.0 Å². The summed E-state index contributed by atoms with van der Waals surface area (Å²) in [7, 11) is 0. The van der Waals surface area contributed by atoms with Gasteiger partial charge >= 0.3 is 0 Å². The molecule has 4 rings (SSSR count). The Morgan fingerprint density at radius 1 is 1.29 bits per heavy atom. The van der Waals surface area contributed by atoms with Crippen molar-refractivity contribution in [3.05, 3.63) is 36.3 Å². The number of hydrogen-bond acceptors (Lipinski definition) is 7. The van der Waals surface area contributed by atoms with E-state index in [0.717, 1.165) is 25.7 Å². The Labute approximate surface area is 182 Å². The molecule has 0 bridgehead atoms. The van der Waals surface area contributed by atoms with Gasteiger partial charge in [-0.25, -0.2) is 9.67 Å². The van der Waals surface area contributed by atoms with Gasteiger partial charge in [0.25, 0.3) is 5.91 Å². The van der Waals surface area contributed by atoms with E-state index in [4.69, 9.17) is 18.6 Å². The number of piperidine rings is 1. The zero-order valence-electron chi connectivity index (χ0n) is 18.4. The van der Waals surface area contributed by atoms with Crippen LogP contribution in [0, 0.1) is 0 Å². The quantitative estimate of drug-likeness (QED) is 0.592. The van der Waals surface area contributed by atoms with Crippen molar-refractivity contribution in [2.24, 2.45) is 0 Å². The van der Waals surface area contributed by atoms with Crippen molar-refractivity contribution in [3.63, 3.8) is 0 Å². The molecular formula is C22H32N4O5. The van der Waals surface area contributed by atoms with E-state index in [9.17, 15) is 4.79 Å². The van der Waals surface area contributed by atoms with Crippen LogP contribution < -0.4 is 0 Å². The van der Waals surface area contributed by atoms with E-state index in [-0.39, 0.29) is 23.7 Å². The molecule has 0 aromatic carbocycles. The highest BCUT2D eigenvalue weighted by Crippen LogP contribution is 2.36. The Bertz CT molecular complexity index is 827. The third-order valence-electron chi connectivity index (χ3n) is 5.95. The minimum absolute atomic E-state index is 0.0749. The van der Waals surface area contributed by atoms with Crippen LogP contribution in [0.1, 0.15) is 55.8 Å². The maximum atomic E-state index is 12.9. The number of likely N-dealkylation sites (tertiary alicyclic amines) is 1. The lowest BCUT2D eigenvalue weighted by Crippen LogP contribution is -2.52. The van der Waals surface area contributed by atoms with Crippen LogP contribution in [-0.2, 0) is 20.8 Å². The average Bonchev–Trinajstić information content (AvgIpc) is 3.44. The van der Waals surface area contributed by atoms with Crippen LogP contribution in [0.4, 0.5) is 0 Å². The van der Waals surface area contributed by atoms with Crippen LogP contribution in [0.5, 0.6) is 0 Å². The Balaban J connectivity index is 1.26. The maximum absolute atomic E-state index is 12.9. The van der Waals surface area contributed by atoms with Gasteiger partial charge in [0, 0.05) is 26.1 Å². The lowest BCUT2D eigenvalue weighted by Gasteiger charge is -2.45. The zero-order valence-corrected chi connectivity index (χ0v) is 18.4. The normalized spacial score (nSPS) is 21.1. The molecule has 1 amide bonds. The lowest BCUT2D eigenvalue weighted by molar-refractivity contribution is -0.156. The summed E-state index contributed by atoms with van der Waals surface area (Å²) in [6, 6.07) is 3.55.